The Hall–Kier alpha value is -3.82. The third kappa shape index (κ3) is 7.40. The van der Waals surface area contributed by atoms with Gasteiger partial charge in [-0.2, -0.15) is 13.2 Å². The van der Waals surface area contributed by atoms with Crippen LogP contribution >= 0.6 is 11.3 Å². The molecule has 232 valence electrons. The first-order valence-corrected chi connectivity index (χ1v) is 15.5. The van der Waals surface area contributed by atoms with E-state index in [4.69, 9.17) is 4.74 Å². The molecule has 0 fully saturated rings. The molecule has 0 saturated carbocycles. The van der Waals surface area contributed by atoms with Crippen molar-refractivity contribution < 1.29 is 41.0 Å². The number of aliphatic hydroxyl groups excluding tert-OH is 1. The second-order valence-corrected chi connectivity index (χ2v) is 13.1. The van der Waals surface area contributed by atoms with Gasteiger partial charge in [0, 0.05) is 25.2 Å². The minimum Gasteiger partial charge on any atom is -0.485 e. The molecule has 4 rings (SSSR count). The lowest BCUT2D eigenvalue weighted by Crippen LogP contribution is -2.50. The van der Waals surface area contributed by atoms with Crippen molar-refractivity contribution in [3.05, 3.63) is 71.1 Å². The zero-order valence-corrected chi connectivity index (χ0v) is 25.1. The first-order valence-electron chi connectivity index (χ1n) is 13.2. The van der Waals surface area contributed by atoms with Gasteiger partial charge < -0.3 is 25.0 Å². The highest BCUT2D eigenvalue weighted by molar-refractivity contribution is 7.94. The van der Waals surface area contributed by atoms with E-state index in [9.17, 15) is 36.3 Å². The van der Waals surface area contributed by atoms with Crippen molar-refractivity contribution in [2.45, 2.75) is 36.4 Å². The Morgan fingerprint density at radius 1 is 1.19 bits per heavy atom. The van der Waals surface area contributed by atoms with Gasteiger partial charge in [0.25, 0.3) is 15.9 Å². The van der Waals surface area contributed by atoms with Crippen molar-refractivity contribution in [3.63, 3.8) is 0 Å². The molecule has 43 heavy (non-hydrogen) atoms. The lowest BCUT2D eigenvalue weighted by atomic mass is 9.99. The Labute approximate surface area is 251 Å². The predicted molar refractivity (Wildman–Crippen MR) is 156 cm³/mol. The molecule has 3 aromatic rings. The number of nitrogens with one attached hydrogen (secondary N) is 2. The third-order valence-corrected chi connectivity index (χ3v) is 9.72. The van der Waals surface area contributed by atoms with Crippen LogP contribution in [-0.2, 0) is 16.2 Å². The van der Waals surface area contributed by atoms with Crippen molar-refractivity contribution in [2.75, 3.05) is 36.8 Å². The van der Waals surface area contributed by atoms with E-state index in [1.165, 1.54) is 41.1 Å². The minimum atomic E-state index is -4.51. The molecule has 0 aliphatic carbocycles. The van der Waals surface area contributed by atoms with Gasteiger partial charge in [-0.1, -0.05) is 19.1 Å². The Morgan fingerprint density at radius 2 is 1.88 bits per heavy atom. The number of benzene rings is 2. The summed E-state index contributed by atoms with van der Waals surface area (Å²) >= 11 is 1.02. The number of para-hydroxylation sites is 1. The van der Waals surface area contributed by atoms with Crippen LogP contribution in [0.1, 0.15) is 29.8 Å². The predicted octanol–water partition coefficient (Wildman–Crippen LogP) is 4.95. The zero-order chi connectivity index (χ0) is 31.5. The number of rotatable bonds is 8. The van der Waals surface area contributed by atoms with Gasteiger partial charge in [-0.3, -0.25) is 9.52 Å². The molecule has 0 radical (unpaired) electrons. The van der Waals surface area contributed by atoms with Crippen LogP contribution in [0.15, 0.2) is 64.2 Å². The standard InChI is InChI=1S/C28H31F3N4O6S2/c1-17-14-35(18(2)16-36)26(37)21-6-4-7-22(33-43(39,40)24-8-5-13-42-24)25(21)41-23(17)15-34(3)27(38)32-20-11-9-19(10-12-20)28(29,30)31/h4-13,17-18,23,33,36H,14-16H2,1-3H3,(H,32,38)/t17-,18+,23+/m0/s1. The number of ether oxygens (including phenoxy) is 1. The summed E-state index contributed by atoms with van der Waals surface area (Å²) in [5.74, 6) is -0.905. The Morgan fingerprint density at radius 3 is 2.49 bits per heavy atom. The SMILES string of the molecule is C[C@H](CO)N1C[C@H](C)[C@@H](CN(C)C(=O)Nc2ccc(C(F)(F)F)cc2)Oc2c(NS(=O)(=O)c3cccs3)cccc2C1=O. The molecule has 0 saturated heterocycles. The van der Waals surface area contributed by atoms with E-state index in [2.05, 4.69) is 10.0 Å². The molecule has 0 bridgehead atoms. The number of amides is 3. The number of likely N-dealkylation sites (N-methyl/N-ethyl adjacent to an activating group) is 1. The molecule has 10 nitrogen and oxygen atoms in total. The zero-order valence-electron chi connectivity index (χ0n) is 23.5. The van der Waals surface area contributed by atoms with Crippen LogP contribution in [0.2, 0.25) is 0 Å². The number of nitrogens with zero attached hydrogens (tertiary/aromatic N) is 2. The summed E-state index contributed by atoms with van der Waals surface area (Å²) in [4.78, 5) is 29.4. The van der Waals surface area contributed by atoms with Crippen LogP contribution in [0.4, 0.5) is 29.3 Å². The number of thiophene rings is 1. The first kappa shape index (κ1) is 32.1. The van der Waals surface area contributed by atoms with Crippen molar-refractivity contribution in [2.24, 2.45) is 5.92 Å². The Balaban J connectivity index is 1.63. The summed E-state index contributed by atoms with van der Waals surface area (Å²) < 4.78 is 73.7. The number of hydrogen-bond donors (Lipinski definition) is 3. The van der Waals surface area contributed by atoms with Crippen molar-refractivity contribution in [1.82, 2.24) is 9.80 Å². The van der Waals surface area contributed by atoms with E-state index >= 15 is 0 Å². The Bertz CT molecular complexity index is 1550. The summed E-state index contributed by atoms with van der Waals surface area (Å²) in [5, 5.41) is 14.0. The number of fused-ring (bicyclic) bond motifs is 1. The maximum atomic E-state index is 13.6. The van der Waals surface area contributed by atoms with Gasteiger partial charge in [-0.25, -0.2) is 13.2 Å². The smallest absolute Gasteiger partial charge is 0.416 e. The van der Waals surface area contributed by atoms with Gasteiger partial charge in [-0.15, -0.1) is 11.3 Å². The van der Waals surface area contributed by atoms with E-state index in [1.54, 1.807) is 25.3 Å². The number of halogens is 3. The molecular formula is C28H31F3N4O6S2. The maximum absolute atomic E-state index is 13.6. The first-order chi connectivity index (χ1) is 20.2. The number of alkyl halides is 3. The summed E-state index contributed by atoms with van der Waals surface area (Å²) in [7, 11) is -2.54. The number of carbonyl (C=O) groups is 2. The number of urea groups is 1. The van der Waals surface area contributed by atoms with Crippen LogP contribution in [0, 0.1) is 5.92 Å². The molecule has 3 amide bonds. The molecule has 0 spiro atoms. The highest BCUT2D eigenvalue weighted by Gasteiger charge is 2.36. The van der Waals surface area contributed by atoms with Gasteiger partial charge in [0.1, 0.15) is 10.3 Å². The van der Waals surface area contributed by atoms with Crippen LogP contribution < -0.4 is 14.8 Å². The number of sulfonamides is 1. The number of anilines is 2. The fourth-order valence-electron chi connectivity index (χ4n) is 4.47. The third-order valence-electron chi connectivity index (χ3n) is 6.96. The van der Waals surface area contributed by atoms with Crippen molar-refractivity contribution in [3.8, 4) is 5.75 Å². The summed E-state index contributed by atoms with van der Waals surface area (Å²) in [5.41, 5.74) is -0.608. The molecule has 0 unspecified atom stereocenters. The van der Waals surface area contributed by atoms with Gasteiger partial charge in [0.2, 0.25) is 0 Å². The van der Waals surface area contributed by atoms with Crippen LogP contribution in [0.5, 0.6) is 5.75 Å². The van der Waals surface area contributed by atoms with E-state index in [0.717, 1.165) is 35.6 Å². The van der Waals surface area contributed by atoms with E-state index in [-0.39, 0.29) is 46.6 Å². The average molecular weight is 641 g/mol. The molecule has 1 aromatic heterocycles. The maximum Gasteiger partial charge on any atom is 0.416 e. The highest BCUT2D eigenvalue weighted by Crippen LogP contribution is 2.36. The summed E-state index contributed by atoms with van der Waals surface area (Å²) in [6, 6.07) is 10.3. The van der Waals surface area contributed by atoms with Crippen molar-refractivity contribution >= 4 is 44.7 Å². The lowest BCUT2D eigenvalue weighted by Gasteiger charge is -2.38. The number of carbonyl (C=O) groups excluding carboxylic acids is 2. The lowest BCUT2D eigenvalue weighted by molar-refractivity contribution is -0.137. The van der Waals surface area contributed by atoms with Crippen molar-refractivity contribution in [1.29, 1.82) is 0 Å². The fraction of sp³-hybridized carbons (Fsp3) is 0.357. The van der Waals surface area contributed by atoms with E-state index in [0.29, 0.717) is 0 Å². The normalized spacial score (nSPS) is 18.1. The quantitative estimate of drug-likeness (QED) is 0.320. The number of aliphatic hydroxyl groups is 1. The van der Waals surface area contributed by atoms with Crippen LogP contribution in [0.25, 0.3) is 0 Å². The largest absolute Gasteiger partial charge is 0.485 e. The number of hydrogen-bond acceptors (Lipinski definition) is 7. The Kier molecular flexibility index (Phi) is 9.57. The van der Waals surface area contributed by atoms with E-state index < -0.39 is 51.8 Å². The minimum absolute atomic E-state index is 0.0202. The van der Waals surface area contributed by atoms with Gasteiger partial charge >= 0.3 is 12.2 Å². The van der Waals surface area contributed by atoms with Gasteiger partial charge in [0.15, 0.2) is 5.75 Å². The average Bonchev–Trinajstić information content (AvgIpc) is 3.51. The second kappa shape index (κ2) is 12.8. The molecule has 1 aliphatic heterocycles. The summed E-state index contributed by atoms with van der Waals surface area (Å²) in [6.07, 6.45) is -5.28. The molecule has 2 aromatic carbocycles. The summed E-state index contributed by atoms with van der Waals surface area (Å²) in [6.45, 7) is 3.27. The van der Waals surface area contributed by atoms with Crippen LogP contribution in [0.3, 0.4) is 0 Å². The van der Waals surface area contributed by atoms with E-state index in [1.807, 2.05) is 0 Å². The molecule has 1 aliphatic rings. The highest BCUT2D eigenvalue weighted by atomic mass is 32.2. The monoisotopic (exact) mass is 640 g/mol. The fourth-order valence-corrected chi connectivity index (χ4v) is 6.52. The van der Waals surface area contributed by atoms with Gasteiger partial charge in [-0.05, 0) is 54.8 Å². The molecular weight excluding hydrogens is 609 g/mol. The molecule has 3 atom stereocenters. The molecule has 2 heterocycles. The van der Waals surface area contributed by atoms with Gasteiger partial charge in [0.05, 0.1) is 36.0 Å². The van der Waals surface area contributed by atoms with Crippen LogP contribution in [-0.4, -0.2) is 74.2 Å². The topological polar surface area (TPSA) is 128 Å². The molecule has 3 N–H and O–H groups in total. The molecule has 15 heteroatoms. The second-order valence-electron chi connectivity index (χ2n) is 10.2.